The Morgan fingerprint density at radius 3 is 2.58 bits per heavy atom. The van der Waals surface area contributed by atoms with Crippen LogP contribution >= 0.6 is 0 Å². The van der Waals surface area contributed by atoms with Gasteiger partial charge in [-0.25, -0.2) is 18.5 Å². The number of pyridine rings is 1. The summed E-state index contributed by atoms with van der Waals surface area (Å²) in [5.74, 6) is -0.820. The highest BCUT2D eigenvalue weighted by molar-refractivity contribution is 7.89. The first kappa shape index (κ1) is 23.0. The molecule has 2 aromatic rings. The van der Waals surface area contributed by atoms with Crippen LogP contribution in [0.25, 0.3) is 0 Å². The number of aromatic nitrogens is 1. The number of sulfonamides is 1. The molecule has 0 radical (unpaired) electrons. The van der Waals surface area contributed by atoms with E-state index in [1.807, 2.05) is 0 Å². The van der Waals surface area contributed by atoms with Crippen LogP contribution in [0.2, 0.25) is 0 Å². The average Bonchev–Trinajstić information content (AvgIpc) is 2.73. The molecule has 11 heteroatoms. The number of nitrogens with two attached hydrogens (primary N) is 1. The van der Waals surface area contributed by atoms with Gasteiger partial charge in [0.05, 0.1) is 16.4 Å². The summed E-state index contributed by atoms with van der Waals surface area (Å²) in [6.07, 6.45) is -1.56. The van der Waals surface area contributed by atoms with Gasteiger partial charge in [0.2, 0.25) is 15.9 Å². The normalized spacial score (nSPS) is 17.4. The van der Waals surface area contributed by atoms with Gasteiger partial charge in [0.15, 0.2) is 0 Å². The largest absolute Gasteiger partial charge is 0.419 e. The lowest BCUT2D eigenvalue weighted by atomic mass is 9.96. The molecule has 1 unspecified atom stereocenters. The minimum Gasteiger partial charge on any atom is -0.355 e. The molecule has 3 N–H and O–H groups in total. The number of primary sulfonamides is 1. The number of anilines is 1. The molecule has 3 rings (SSSR count). The van der Waals surface area contributed by atoms with Crippen molar-refractivity contribution in [3.8, 4) is 0 Å². The minimum atomic E-state index is -4.52. The zero-order chi connectivity index (χ0) is 22.6. The number of amides is 1. The van der Waals surface area contributed by atoms with E-state index in [1.54, 1.807) is 12.1 Å². The summed E-state index contributed by atoms with van der Waals surface area (Å²) in [6, 6.07) is 8.28. The molecule has 31 heavy (non-hydrogen) atoms. The number of halogens is 3. The number of benzene rings is 1. The summed E-state index contributed by atoms with van der Waals surface area (Å²) in [6.45, 7) is 0.886. The van der Waals surface area contributed by atoms with E-state index in [0.717, 1.165) is 11.6 Å². The van der Waals surface area contributed by atoms with Crippen molar-refractivity contribution in [2.45, 2.75) is 30.3 Å². The molecule has 0 bridgehead atoms. The summed E-state index contributed by atoms with van der Waals surface area (Å²) in [4.78, 5) is 18.0. The van der Waals surface area contributed by atoms with Gasteiger partial charge in [-0.1, -0.05) is 12.1 Å². The molecule has 1 fully saturated rings. The highest BCUT2D eigenvalue weighted by Gasteiger charge is 2.37. The van der Waals surface area contributed by atoms with Gasteiger partial charge in [0.25, 0.3) is 0 Å². The third-order valence-electron chi connectivity index (χ3n) is 5.15. The van der Waals surface area contributed by atoms with Crippen molar-refractivity contribution in [2.75, 3.05) is 24.5 Å². The highest BCUT2D eigenvalue weighted by atomic mass is 32.2. The first-order valence-corrected chi connectivity index (χ1v) is 11.3. The van der Waals surface area contributed by atoms with Gasteiger partial charge in [-0.2, -0.15) is 13.2 Å². The van der Waals surface area contributed by atoms with E-state index in [2.05, 4.69) is 10.3 Å². The van der Waals surface area contributed by atoms with Crippen LogP contribution in [0.15, 0.2) is 47.5 Å². The highest BCUT2D eigenvalue weighted by Crippen LogP contribution is 2.36. The van der Waals surface area contributed by atoms with E-state index in [-0.39, 0.29) is 23.2 Å². The second-order valence-corrected chi connectivity index (χ2v) is 8.95. The lowest BCUT2D eigenvalue weighted by Crippen LogP contribution is -2.44. The van der Waals surface area contributed by atoms with Crippen LogP contribution < -0.4 is 15.4 Å². The summed E-state index contributed by atoms with van der Waals surface area (Å²) < 4.78 is 62.4. The number of carbonyl (C=O) groups is 1. The summed E-state index contributed by atoms with van der Waals surface area (Å²) >= 11 is 0. The minimum absolute atomic E-state index is 0.00956. The second-order valence-electron chi connectivity index (χ2n) is 7.39. The van der Waals surface area contributed by atoms with Gasteiger partial charge >= 0.3 is 6.18 Å². The molecule has 1 aliphatic rings. The Hall–Kier alpha value is -2.66. The van der Waals surface area contributed by atoms with Gasteiger partial charge in [-0.15, -0.1) is 0 Å². The van der Waals surface area contributed by atoms with Crippen LogP contribution in [0.1, 0.15) is 24.0 Å². The summed E-state index contributed by atoms with van der Waals surface area (Å²) in [7, 11) is -3.76. The molecule has 1 aromatic carbocycles. The van der Waals surface area contributed by atoms with Gasteiger partial charge < -0.3 is 10.2 Å². The number of alkyl halides is 3. The Kier molecular flexibility index (Phi) is 6.85. The van der Waals surface area contributed by atoms with Crippen LogP contribution in [0.4, 0.5) is 19.0 Å². The molecule has 1 aliphatic heterocycles. The SMILES string of the molecule is NS(=O)(=O)c1ccc(CCNC(=O)C2CCCN(c3ncccc3C(F)(F)F)C2)cc1. The number of piperidine rings is 1. The quantitative estimate of drug-likeness (QED) is 0.694. The van der Waals surface area contributed by atoms with Crippen LogP contribution in [-0.2, 0) is 27.4 Å². The van der Waals surface area contributed by atoms with Crippen LogP contribution in [0.5, 0.6) is 0 Å². The summed E-state index contributed by atoms with van der Waals surface area (Å²) in [5.41, 5.74) is 0.0141. The van der Waals surface area contributed by atoms with Crippen molar-refractivity contribution in [1.29, 1.82) is 0 Å². The van der Waals surface area contributed by atoms with Gasteiger partial charge in [-0.05, 0) is 49.1 Å². The third kappa shape index (κ3) is 5.95. The molecule has 7 nitrogen and oxygen atoms in total. The van der Waals surface area contributed by atoms with Crippen molar-refractivity contribution in [1.82, 2.24) is 10.3 Å². The second kappa shape index (κ2) is 9.23. The molecule has 168 valence electrons. The fraction of sp³-hybridized carbons (Fsp3) is 0.400. The maximum absolute atomic E-state index is 13.3. The van der Waals surface area contributed by atoms with E-state index >= 15 is 0 Å². The first-order valence-electron chi connectivity index (χ1n) is 9.72. The third-order valence-corrected chi connectivity index (χ3v) is 6.08. The van der Waals surface area contributed by atoms with Crippen LogP contribution in [-0.4, -0.2) is 38.9 Å². The van der Waals surface area contributed by atoms with Gasteiger partial charge in [0, 0.05) is 25.8 Å². The van der Waals surface area contributed by atoms with E-state index in [4.69, 9.17) is 5.14 Å². The molecule has 0 aliphatic carbocycles. The Morgan fingerprint density at radius 2 is 1.94 bits per heavy atom. The van der Waals surface area contributed by atoms with Crippen molar-refractivity contribution in [2.24, 2.45) is 11.1 Å². The van der Waals surface area contributed by atoms with Crippen molar-refractivity contribution in [3.63, 3.8) is 0 Å². The molecule has 2 heterocycles. The van der Waals surface area contributed by atoms with Crippen molar-refractivity contribution < 1.29 is 26.4 Å². The van der Waals surface area contributed by atoms with Crippen LogP contribution in [0, 0.1) is 5.92 Å². The molecule has 1 aromatic heterocycles. The predicted molar refractivity (Wildman–Crippen MR) is 109 cm³/mol. The summed E-state index contributed by atoms with van der Waals surface area (Å²) in [5, 5.41) is 7.87. The van der Waals surface area contributed by atoms with E-state index in [9.17, 15) is 26.4 Å². The molecular formula is C20H23F3N4O3S. The Balaban J connectivity index is 1.57. The lowest BCUT2D eigenvalue weighted by molar-refractivity contribution is -0.137. The fourth-order valence-corrected chi connectivity index (χ4v) is 4.09. The molecule has 1 amide bonds. The van der Waals surface area contributed by atoms with Crippen molar-refractivity contribution >= 4 is 21.7 Å². The maximum Gasteiger partial charge on any atom is 0.419 e. The lowest BCUT2D eigenvalue weighted by Gasteiger charge is -2.34. The van der Waals surface area contributed by atoms with E-state index in [1.165, 1.54) is 29.3 Å². The Labute approximate surface area is 178 Å². The molecule has 1 atom stereocenters. The monoisotopic (exact) mass is 456 g/mol. The number of hydrogen-bond donors (Lipinski definition) is 2. The van der Waals surface area contributed by atoms with Crippen LogP contribution in [0.3, 0.4) is 0 Å². The first-order chi connectivity index (χ1) is 14.6. The Bertz CT molecular complexity index is 1030. The number of carbonyl (C=O) groups excluding carboxylic acids is 1. The fourth-order valence-electron chi connectivity index (χ4n) is 3.57. The zero-order valence-electron chi connectivity index (χ0n) is 16.6. The number of nitrogens with zero attached hydrogens (tertiary/aromatic N) is 2. The smallest absolute Gasteiger partial charge is 0.355 e. The molecule has 0 spiro atoms. The maximum atomic E-state index is 13.3. The average molecular weight is 456 g/mol. The van der Waals surface area contributed by atoms with Crippen molar-refractivity contribution in [3.05, 3.63) is 53.7 Å². The molecule has 1 saturated heterocycles. The van der Waals surface area contributed by atoms with Gasteiger partial charge in [0.1, 0.15) is 5.82 Å². The zero-order valence-corrected chi connectivity index (χ0v) is 17.4. The topological polar surface area (TPSA) is 105 Å². The standard InChI is InChI=1S/C20H23F3N4O3S/c21-20(22,23)17-4-1-10-25-18(17)27-12-2-3-15(13-27)19(28)26-11-9-14-5-7-16(8-6-14)31(24,29)30/h1,4-8,10,15H,2-3,9,11-13H2,(H,26,28)(H2,24,29,30). The van der Waals surface area contributed by atoms with E-state index in [0.29, 0.717) is 32.4 Å². The molecular weight excluding hydrogens is 433 g/mol. The predicted octanol–water partition coefficient (Wildman–Crippen LogP) is 2.32. The number of rotatable bonds is 6. The number of hydrogen-bond acceptors (Lipinski definition) is 5. The molecule has 0 saturated carbocycles. The number of nitrogens with one attached hydrogen (secondary N) is 1. The Morgan fingerprint density at radius 1 is 1.23 bits per heavy atom. The van der Waals surface area contributed by atoms with Gasteiger partial charge in [-0.3, -0.25) is 4.79 Å². The van der Waals surface area contributed by atoms with E-state index < -0.39 is 27.7 Å².